The first-order valence-corrected chi connectivity index (χ1v) is 5.97. The number of ketones is 1. The zero-order valence-electron chi connectivity index (χ0n) is 10.2. The maximum absolute atomic E-state index is 12.1. The highest BCUT2D eigenvalue weighted by Crippen LogP contribution is 2.34. The number of hydrogen-bond donors (Lipinski definition) is 1. The number of Topliss-reactive ketones (excluding diaryl/α,β-unsaturated/α-hetero) is 1. The lowest BCUT2D eigenvalue weighted by Crippen LogP contribution is -2.33. The van der Waals surface area contributed by atoms with Crippen LogP contribution < -0.4 is 10.6 Å². The number of rotatable bonds is 1. The number of fused-ring (bicyclic) bond motifs is 1. The second kappa shape index (κ2) is 4.24. The predicted octanol–water partition coefficient (Wildman–Crippen LogP) is 2.52. The van der Waals surface area contributed by atoms with Crippen LogP contribution in [0.15, 0.2) is 48.5 Å². The van der Waals surface area contributed by atoms with Gasteiger partial charge in [0.25, 0.3) is 0 Å². The van der Waals surface area contributed by atoms with E-state index in [1.807, 2.05) is 6.07 Å². The van der Waals surface area contributed by atoms with E-state index in [0.717, 1.165) is 0 Å². The molecule has 2 aromatic carbocycles. The lowest BCUT2D eigenvalue weighted by molar-refractivity contribution is -0.117. The van der Waals surface area contributed by atoms with Crippen LogP contribution in [0.1, 0.15) is 16.8 Å². The first-order valence-electron chi connectivity index (χ1n) is 5.97. The summed E-state index contributed by atoms with van der Waals surface area (Å²) in [6, 6.07) is 14.2. The maximum atomic E-state index is 12.1. The quantitative estimate of drug-likeness (QED) is 0.626. The van der Waals surface area contributed by atoms with Crippen molar-refractivity contribution < 1.29 is 9.59 Å². The number of nitrogens with zero attached hydrogens (tertiary/aromatic N) is 1. The van der Waals surface area contributed by atoms with E-state index in [2.05, 4.69) is 0 Å². The van der Waals surface area contributed by atoms with Gasteiger partial charge in [0.1, 0.15) is 0 Å². The van der Waals surface area contributed by atoms with E-state index in [9.17, 15) is 9.59 Å². The van der Waals surface area contributed by atoms with Gasteiger partial charge in [-0.15, -0.1) is 0 Å². The molecule has 2 aromatic rings. The molecule has 0 aromatic heterocycles. The number of benzene rings is 2. The van der Waals surface area contributed by atoms with Crippen LogP contribution in [0.2, 0.25) is 0 Å². The summed E-state index contributed by atoms with van der Waals surface area (Å²) < 4.78 is 0. The molecule has 0 radical (unpaired) electrons. The number of carbonyl (C=O) groups is 2. The van der Waals surface area contributed by atoms with Gasteiger partial charge in [-0.1, -0.05) is 18.2 Å². The molecular formula is C15H12N2O2. The number of nitrogen functional groups attached to an aromatic ring is 1. The van der Waals surface area contributed by atoms with Crippen LogP contribution in [0.25, 0.3) is 0 Å². The molecule has 0 bridgehead atoms. The van der Waals surface area contributed by atoms with Crippen molar-refractivity contribution in [1.29, 1.82) is 0 Å². The van der Waals surface area contributed by atoms with E-state index in [1.54, 1.807) is 47.4 Å². The molecule has 1 aliphatic rings. The molecule has 94 valence electrons. The fourth-order valence-electron chi connectivity index (χ4n) is 2.30. The second-order valence-corrected chi connectivity index (χ2v) is 4.44. The SMILES string of the molecule is Nc1cccc(N2C(=O)CC(=O)c3ccccc32)c1. The molecule has 0 atom stereocenters. The first kappa shape index (κ1) is 11.5. The molecule has 4 heteroatoms. The Morgan fingerprint density at radius 1 is 1.00 bits per heavy atom. The molecule has 0 aliphatic carbocycles. The summed E-state index contributed by atoms with van der Waals surface area (Å²) in [5.41, 5.74) is 8.21. The van der Waals surface area contributed by atoms with Gasteiger partial charge in [0.05, 0.1) is 17.8 Å². The van der Waals surface area contributed by atoms with Gasteiger partial charge in [-0.05, 0) is 30.3 Å². The van der Waals surface area contributed by atoms with Gasteiger partial charge in [0.15, 0.2) is 5.78 Å². The van der Waals surface area contributed by atoms with Gasteiger partial charge in [0, 0.05) is 11.3 Å². The summed E-state index contributed by atoms with van der Waals surface area (Å²) in [6.07, 6.45) is -0.105. The van der Waals surface area contributed by atoms with Crippen molar-refractivity contribution in [3.63, 3.8) is 0 Å². The highest BCUT2D eigenvalue weighted by molar-refractivity contribution is 6.22. The Bertz CT molecular complexity index is 679. The van der Waals surface area contributed by atoms with Gasteiger partial charge < -0.3 is 5.73 Å². The van der Waals surface area contributed by atoms with Gasteiger partial charge >= 0.3 is 0 Å². The minimum absolute atomic E-state index is 0.105. The normalized spacial score (nSPS) is 14.4. The molecular weight excluding hydrogens is 240 g/mol. The van der Waals surface area contributed by atoms with Crippen LogP contribution in [-0.4, -0.2) is 11.7 Å². The Labute approximate surface area is 110 Å². The monoisotopic (exact) mass is 252 g/mol. The third-order valence-corrected chi connectivity index (χ3v) is 3.13. The summed E-state index contributed by atoms with van der Waals surface area (Å²) in [7, 11) is 0. The molecule has 0 saturated heterocycles. The summed E-state index contributed by atoms with van der Waals surface area (Å²) in [4.78, 5) is 25.6. The van der Waals surface area contributed by atoms with Crippen LogP contribution in [0, 0.1) is 0 Å². The van der Waals surface area contributed by atoms with E-state index in [1.165, 1.54) is 0 Å². The van der Waals surface area contributed by atoms with Crippen molar-refractivity contribution in [2.24, 2.45) is 0 Å². The van der Waals surface area contributed by atoms with E-state index in [-0.39, 0.29) is 18.1 Å². The third-order valence-electron chi connectivity index (χ3n) is 3.13. The van der Waals surface area contributed by atoms with Gasteiger partial charge in [0.2, 0.25) is 5.91 Å². The lowest BCUT2D eigenvalue weighted by atomic mass is 9.99. The van der Waals surface area contributed by atoms with Crippen molar-refractivity contribution in [3.05, 3.63) is 54.1 Å². The molecule has 2 N–H and O–H groups in total. The van der Waals surface area contributed by atoms with E-state index < -0.39 is 0 Å². The van der Waals surface area contributed by atoms with E-state index >= 15 is 0 Å². The number of amides is 1. The largest absolute Gasteiger partial charge is 0.399 e. The van der Waals surface area contributed by atoms with Crippen molar-refractivity contribution in [2.75, 3.05) is 10.6 Å². The summed E-state index contributed by atoms with van der Waals surface area (Å²) in [5, 5.41) is 0. The Hall–Kier alpha value is -2.62. The zero-order valence-corrected chi connectivity index (χ0v) is 10.2. The Morgan fingerprint density at radius 3 is 2.58 bits per heavy atom. The lowest BCUT2D eigenvalue weighted by Gasteiger charge is -2.28. The molecule has 1 amide bonds. The van der Waals surface area contributed by atoms with Crippen LogP contribution in [-0.2, 0) is 4.79 Å². The standard InChI is InChI=1S/C15H12N2O2/c16-10-4-3-5-11(8-10)17-13-7-2-1-6-12(13)14(18)9-15(17)19/h1-8H,9,16H2. The van der Waals surface area contributed by atoms with Crippen LogP contribution in [0.5, 0.6) is 0 Å². The van der Waals surface area contributed by atoms with Gasteiger partial charge in [-0.25, -0.2) is 0 Å². The molecule has 1 heterocycles. The third kappa shape index (κ3) is 1.87. The zero-order chi connectivity index (χ0) is 13.4. The van der Waals surface area contributed by atoms with E-state index in [0.29, 0.717) is 22.6 Å². The number of hydrogen-bond acceptors (Lipinski definition) is 3. The molecule has 1 aliphatic heterocycles. The number of carbonyl (C=O) groups excluding carboxylic acids is 2. The number of anilines is 3. The average Bonchev–Trinajstić information content (AvgIpc) is 2.39. The minimum atomic E-state index is -0.227. The van der Waals surface area contributed by atoms with E-state index in [4.69, 9.17) is 5.73 Å². The smallest absolute Gasteiger partial charge is 0.239 e. The summed E-state index contributed by atoms with van der Waals surface area (Å²) in [5.74, 6) is -0.366. The van der Waals surface area contributed by atoms with Gasteiger partial charge in [-0.3, -0.25) is 14.5 Å². The Morgan fingerprint density at radius 2 is 1.79 bits per heavy atom. The maximum Gasteiger partial charge on any atom is 0.239 e. The summed E-state index contributed by atoms with van der Waals surface area (Å²) >= 11 is 0. The fourth-order valence-corrected chi connectivity index (χ4v) is 2.30. The van der Waals surface area contributed by atoms with Crippen LogP contribution >= 0.6 is 0 Å². The van der Waals surface area contributed by atoms with Crippen molar-refractivity contribution >= 4 is 28.8 Å². The molecule has 3 rings (SSSR count). The van der Waals surface area contributed by atoms with Crippen LogP contribution in [0.4, 0.5) is 17.1 Å². The predicted molar refractivity (Wildman–Crippen MR) is 73.4 cm³/mol. The number of para-hydroxylation sites is 1. The van der Waals surface area contributed by atoms with Crippen molar-refractivity contribution in [1.82, 2.24) is 0 Å². The Kier molecular flexibility index (Phi) is 2.56. The molecule has 4 nitrogen and oxygen atoms in total. The first-order chi connectivity index (χ1) is 9.16. The highest BCUT2D eigenvalue weighted by Gasteiger charge is 2.30. The summed E-state index contributed by atoms with van der Waals surface area (Å²) in [6.45, 7) is 0. The van der Waals surface area contributed by atoms with Crippen LogP contribution in [0.3, 0.4) is 0 Å². The second-order valence-electron chi connectivity index (χ2n) is 4.44. The highest BCUT2D eigenvalue weighted by atomic mass is 16.2. The number of nitrogens with two attached hydrogens (primary N) is 1. The van der Waals surface area contributed by atoms with Crippen molar-refractivity contribution in [3.8, 4) is 0 Å². The Balaban J connectivity index is 2.18. The molecule has 0 spiro atoms. The average molecular weight is 252 g/mol. The molecule has 0 saturated carbocycles. The van der Waals surface area contributed by atoms with Crippen molar-refractivity contribution in [2.45, 2.75) is 6.42 Å². The molecule has 0 fully saturated rings. The fraction of sp³-hybridized carbons (Fsp3) is 0.0667. The van der Waals surface area contributed by atoms with Gasteiger partial charge in [-0.2, -0.15) is 0 Å². The molecule has 19 heavy (non-hydrogen) atoms. The topological polar surface area (TPSA) is 63.4 Å². The molecule has 0 unspecified atom stereocenters. The minimum Gasteiger partial charge on any atom is -0.399 e.